The average molecular weight is 647 g/mol. The quantitative estimate of drug-likeness (QED) is 0.213. The second-order valence-corrected chi connectivity index (χ2v) is 8.81. The third-order valence-electron chi connectivity index (χ3n) is 2.54. The summed E-state index contributed by atoms with van der Waals surface area (Å²) in [5, 5.41) is 0. The van der Waals surface area contributed by atoms with E-state index in [2.05, 4.69) is 9.47 Å². The molecule has 0 amide bonds. The molecule has 0 bridgehead atoms. The van der Waals surface area contributed by atoms with Gasteiger partial charge in [0, 0.05) is 10.1 Å². The van der Waals surface area contributed by atoms with E-state index in [0.717, 1.165) is 6.07 Å². The van der Waals surface area contributed by atoms with Gasteiger partial charge in [-0.25, -0.2) is 17.9 Å². The van der Waals surface area contributed by atoms with Gasteiger partial charge in [0.2, 0.25) is 0 Å². The molecule has 0 radical (unpaired) electrons. The molecule has 0 saturated heterocycles. The highest BCUT2D eigenvalue weighted by Crippen LogP contribution is 2.30. The van der Waals surface area contributed by atoms with E-state index in [1.54, 1.807) is 45.2 Å². The molecular formula is C12H9F6I2NO5S. The van der Waals surface area contributed by atoms with Gasteiger partial charge < -0.3 is 9.47 Å². The molecular weight excluding hydrogens is 638 g/mol. The van der Waals surface area contributed by atoms with Crippen LogP contribution in [0.1, 0.15) is 10.4 Å². The van der Waals surface area contributed by atoms with Crippen LogP contribution in [-0.4, -0.2) is 45.8 Å². The van der Waals surface area contributed by atoms with Crippen molar-refractivity contribution >= 4 is 61.2 Å². The predicted molar refractivity (Wildman–Crippen MR) is 96.7 cm³/mol. The molecule has 0 aromatic heterocycles. The Balaban J connectivity index is 2.82. The number of carbonyl (C=O) groups excluding carboxylic acids is 1. The number of ether oxygens (including phenoxy) is 2. The topological polar surface area (TPSA) is 81.7 Å². The van der Waals surface area contributed by atoms with Gasteiger partial charge in [-0.1, -0.05) is 0 Å². The van der Waals surface area contributed by atoms with Crippen molar-refractivity contribution in [3.8, 4) is 5.75 Å². The SMILES string of the molecule is O=C(OCCNS(=O)(=O)C(F)(F)F)c1cc(I)cc(I)c1OCC(F)(F)F. The number of benzene rings is 1. The zero-order valence-electron chi connectivity index (χ0n) is 12.7. The van der Waals surface area contributed by atoms with Crippen molar-refractivity contribution in [3.63, 3.8) is 0 Å². The van der Waals surface area contributed by atoms with E-state index in [9.17, 15) is 39.6 Å². The van der Waals surface area contributed by atoms with Crippen LogP contribution >= 0.6 is 45.2 Å². The summed E-state index contributed by atoms with van der Waals surface area (Å²) in [5.41, 5.74) is -5.91. The Morgan fingerprint density at radius 3 is 2.22 bits per heavy atom. The minimum Gasteiger partial charge on any atom is -0.482 e. The Bertz CT molecular complexity index is 797. The summed E-state index contributed by atoms with van der Waals surface area (Å²) < 4.78 is 106. The molecule has 1 N–H and O–H groups in total. The molecule has 1 rings (SSSR count). The highest BCUT2D eigenvalue weighted by Gasteiger charge is 2.45. The lowest BCUT2D eigenvalue weighted by Crippen LogP contribution is -2.38. The molecule has 0 fully saturated rings. The van der Waals surface area contributed by atoms with Crippen LogP contribution in [0.3, 0.4) is 0 Å². The van der Waals surface area contributed by atoms with Crippen molar-refractivity contribution in [3.05, 3.63) is 24.8 Å². The molecule has 0 spiro atoms. The van der Waals surface area contributed by atoms with Crippen LogP contribution in [0.25, 0.3) is 0 Å². The third-order valence-corrected chi connectivity index (χ3v) is 5.16. The maximum atomic E-state index is 12.3. The summed E-state index contributed by atoms with van der Waals surface area (Å²) in [4.78, 5) is 12.0. The van der Waals surface area contributed by atoms with Gasteiger partial charge >= 0.3 is 27.7 Å². The molecule has 0 aliphatic carbocycles. The molecule has 0 saturated carbocycles. The number of carbonyl (C=O) groups is 1. The van der Waals surface area contributed by atoms with Crippen molar-refractivity contribution in [1.29, 1.82) is 0 Å². The minimum absolute atomic E-state index is 0.175. The fourth-order valence-electron chi connectivity index (χ4n) is 1.49. The minimum atomic E-state index is -5.60. The number of alkyl halides is 6. The van der Waals surface area contributed by atoms with E-state index >= 15 is 0 Å². The largest absolute Gasteiger partial charge is 0.511 e. The summed E-state index contributed by atoms with van der Waals surface area (Å²) in [6, 6.07) is 2.59. The molecule has 6 nitrogen and oxygen atoms in total. The zero-order chi connectivity index (χ0) is 21.0. The summed E-state index contributed by atoms with van der Waals surface area (Å²) >= 11 is 3.42. The van der Waals surface area contributed by atoms with E-state index in [1.807, 2.05) is 0 Å². The molecule has 154 valence electrons. The van der Waals surface area contributed by atoms with Gasteiger partial charge in [-0.15, -0.1) is 0 Å². The van der Waals surface area contributed by atoms with Gasteiger partial charge in [0.15, 0.2) is 6.61 Å². The van der Waals surface area contributed by atoms with Crippen LogP contribution in [0, 0.1) is 7.14 Å². The van der Waals surface area contributed by atoms with Crippen LogP contribution in [0.2, 0.25) is 0 Å². The Morgan fingerprint density at radius 1 is 1.11 bits per heavy atom. The average Bonchev–Trinajstić information content (AvgIpc) is 2.47. The second kappa shape index (κ2) is 9.29. The fourth-order valence-corrected chi connectivity index (χ4v) is 4.01. The Labute approximate surface area is 176 Å². The Morgan fingerprint density at radius 2 is 1.70 bits per heavy atom. The number of rotatable bonds is 7. The van der Waals surface area contributed by atoms with Crippen molar-refractivity contribution < 1.29 is 49.0 Å². The first-order valence-electron chi connectivity index (χ1n) is 6.55. The van der Waals surface area contributed by atoms with Gasteiger partial charge in [0.05, 0.1) is 3.57 Å². The first-order valence-corrected chi connectivity index (χ1v) is 10.2. The molecule has 1 aromatic carbocycles. The zero-order valence-corrected chi connectivity index (χ0v) is 17.9. The predicted octanol–water partition coefficient (Wildman–Crippen LogP) is 3.43. The molecule has 15 heteroatoms. The lowest BCUT2D eigenvalue weighted by atomic mass is 10.2. The number of hydrogen-bond donors (Lipinski definition) is 1. The van der Waals surface area contributed by atoms with E-state index in [-0.39, 0.29) is 9.13 Å². The third kappa shape index (κ3) is 7.76. The van der Waals surface area contributed by atoms with Gasteiger partial charge in [-0.05, 0) is 57.3 Å². The van der Waals surface area contributed by atoms with Gasteiger partial charge in [-0.3, -0.25) is 0 Å². The first kappa shape index (κ1) is 24.5. The molecule has 0 atom stereocenters. The maximum Gasteiger partial charge on any atom is 0.511 e. The van der Waals surface area contributed by atoms with Gasteiger partial charge in [0.25, 0.3) is 0 Å². The van der Waals surface area contributed by atoms with Gasteiger partial charge in [0.1, 0.15) is 17.9 Å². The highest BCUT2D eigenvalue weighted by molar-refractivity contribution is 14.1. The first-order chi connectivity index (χ1) is 12.1. The van der Waals surface area contributed by atoms with Gasteiger partial charge in [-0.2, -0.15) is 26.3 Å². The van der Waals surface area contributed by atoms with Crippen LogP contribution < -0.4 is 9.46 Å². The van der Waals surface area contributed by atoms with E-state index in [4.69, 9.17) is 0 Å². The van der Waals surface area contributed by atoms with Crippen LogP contribution in [-0.2, 0) is 14.8 Å². The summed E-state index contributed by atoms with van der Waals surface area (Å²) in [7, 11) is -5.60. The lowest BCUT2D eigenvalue weighted by Gasteiger charge is -2.15. The number of sulfonamides is 1. The van der Waals surface area contributed by atoms with E-state index < -0.39 is 53.2 Å². The summed E-state index contributed by atoms with van der Waals surface area (Å²) in [6.45, 7) is -3.34. The van der Waals surface area contributed by atoms with Crippen molar-refractivity contribution in [2.75, 3.05) is 19.8 Å². The molecule has 0 unspecified atom stereocenters. The molecule has 1 aromatic rings. The monoisotopic (exact) mass is 647 g/mol. The van der Waals surface area contributed by atoms with Crippen LogP contribution in [0.5, 0.6) is 5.75 Å². The number of hydrogen-bond acceptors (Lipinski definition) is 5. The Hall–Kier alpha value is -0.560. The second-order valence-electron chi connectivity index (χ2n) is 4.65. The van der Waals surface area contributed by atoms with Crippen molar-refractivity contribution in [2.45, 2.75) is 11.7 Å². The standard InChI is InChI=1S/C12H9F6I2NO5S/c13-11(14,15)5-26-9-7(3-6(19)4-8(9)20)10(22)25-2-1-21-27(23,24)12(16,17)18/h3-4,21H,1-2,5H2. The Kier molecular flexibility index (Phi) is 8.42. The fraction of sp³-hybridized carbons (Fsp3) is 0.417. The molecule has 0 heterocycles. The smallest absolute Gasteiger partial charge is 0.482 e. The molecule has 27 heavy (non-hydrogen) atoms. The number of esters is 1. The van der Waals surface area contributed by atoms with Crippen molar-refractivity contribution in [2.24, 2.45) is 0 Å². The van der Waals surface area contributed by atoms with Crippen LogP contribution in [0.4, 0.5) is 26.3 Å². The van der Waals surface area contributed by atoms with E-state index in [0.29, 0.717) is 3.57 Å². The number of halogens is 8. The normalized spacial score (nSPS) is 12.7. The molecule has 0 aliphatic heterocycles. The van der Waals surface area contributed by atoms with E-state index in [1.165, 1.54) is 10.8 Å². The highest BCUT2D eigenvalue weighted by atomic mass is 127. The lowest BCUT2D eigenvalue weighted by molar-refractivity contribution is -0.153. The van der Waals surface area contributed by atoms with Crippen molar-refractivity contribution in [1.82, 2.24) is 4.72 Å². The maximum absolute atomic E-state index is 12.3. The molecule has 0 aliphatic rings. The summed E-state index contributed by atoms with van der Waals surface area (Å²) in [6.07, 6.45) is -4.66. The van der Waals surface area contributed by atoms with Crippen LogP contribution in [0.15, 0.2) is 12.1 Å². The number of nitrogens with one attached hydrogen (secondary N) is 1. The summed E-state index contributed by atoms with van der Waals surface area (Å²) in [5.74, 6) is -1.59.